The summed E-state index contributed by atoms with van der Waals surface area (Å²) in [6.07, 6.45) is 3.77. The van der Waals surface area contributed by atoms with Crippen molar-refractivity contribution in [2.45, 2.75) is 26.3 Å². The highest BCUT2D eigenvalue weighted by Crippen LogP contribution is 2.17. The zero-order valence-electron chi connectivity index (χ0n) is 11.1. The van der Waals surface area contributed by atoms with Crippen molar-refractivity contribution in [3.05, 3.63) is 24.2 Å². The van der Waals surface area contributed by atoms with E-state index >= 15 is 0 Å². The van der Waals surface area contributed by atoms with Crippen molar-refractivity contribution in [1.82, 2.24) is 15.0 Å². The van der Waals surface area contributed by atoms with E-state index in [2.05, 4.69) is 22.0 Å². The summed E-state index contributed by atoms with van der Waals surface area (Å²) in [6, 6.07) is 3.55. The highest BCUT2D eigenvalue weighted by Gasteiger charge is 2.13. The molecule has 0 radical (unpaired) electrons. The van der Waals surface area contributed by atoms with E-state index < -0.39 is 0 Å². The van der Waals surface area contributed by atoms with Crippen LogP contribution in [0.3, 0.4) is 0 Å². The number of aromatic nitrogens is 2. The third-order valence-corrected chi connectivity index (χ3v) is 2.81. The molecule has 2 rings (SSSR count). The largest absolute Gasteiger partial charge is 0.459 e. The fourth-order valence-electron chi connectivity index (χ4n) is 1.81. The van der Waals surface area contributed by atoms with E-state index in [9.17, 15) is 0 Å². The normalized spacial score (nSPS) is 11.3. The van der Waals surface area contributed by atoms with Crippen molar-refractivity contribution in [2.24, 2.45) is 0 Å². The molecular formula is C13H19N3O3. The van der Waals surface area contributed by atoms with Crippen LogP contribution in [0.4, 0.5) is 0 Å². The number of furan rings is 1. The van der Waals surface area contributed by atoms with E-state index in [4.69, 9.17) is 14.0 Å². The van der Waals surface area contributed by atoms with Gasteiger partial charge in [0.1, 0.15) is 0 Å². The second-order valence-corrected chi connectivity index (χ2v) is 4.35. The number of hydrogen-bond acceptors (Lipinski definition) is 6. The van der Waals surface area contributed by atoms with Gasteiger partial charge in [0.2, 0.25) is 0 Å². The quantitative estimate of drug-likeness (QED) is 0.786. The van der Waals surface area contributed by atoms with E-state index in [0.29, 0.717) is 30.6 Å². The topological polar surface area (TPSA) is 75.5 Å². The summed E-state index contributed by atoms with van der Waals surface area (Å²) in [5.41, 5.74) is 0. The Balaban J connectivity index is 1.97. The van der Waals surface area contributed by atoms with Crippen molar-refractivity contribution in [2.75, 3.05) is 19.7 Å². The van der Waals surface area contributed by atoms with E-state index in [-0.39, 0.29) is 6.61 Å². The van der Waals surface area contributed by atoms with Gasteiger partial charge in [0.15, 0.2) is 11.6 Å². The molecule has 0 amide bonds. The lowest BCUT2D eigenvalue weighted by molar-refractivity contribution is 0.184. The summed E-state index contributed by atoms with van der Waals surface area (Å²) >= 11 is 0. The fourth-order valence-corrected chi connectivity index (χ4v) is 1.81. The maximum Gasteiger partial charge on any atom is 0.293 e. The SMILES string of the molecule is CCCCN(CCO)Cc1noc(-c2ccco2)n1. The molecule has 1 N–H and O–H groups in total. The average molecular weight is 265 g/mol. The molecule has 2 aromatic heterocycles. The highest BCUT2D eigenvalue weighted by atomic mass is 16.5. The predicted octanol–water partition coefficient (Wildman–Crippen LogP) is 1.92. The Hall–Kier alpha value is -1.66. The van der Waals surface area contributed by atoms with Crippen molar-refractivity contribution in [3.8, 4) is 11.7 Å². The molecule has 19 heavy (non-hydrogen) atoms. The van der Waals surface area contributed by atoms with Gasteiger partial charge in [-0.1, -0.05) is 18.5 Å². The molecule has 0 saturated heterocycles. The van der Waals surface area contributed by atoms with Crippen LogP contribution in [0.2, 0.25) is 0 Å². The minimum Gasteiger partial charge on any atom is -0.459 e. The zero-order valence-corrected chi connectivity index (χ0v) is 11.1. The first-order valence-corrected chi connectivity index (χ1v) is 6.53. The van der Waals surface area contributed by atoms with Crippen molar-refractivity contribution in [1.29, 1.82) is 0 Å². The van der Waals surface area contributed by atoms with Crippen LogP contribution in [0.5, 0.6) is 0 Å². The van der Waals surface area contributed by atoms with Crippen molar-refractivity contribution < 1.29 is 14.0 Å². The first-order chi connectivity index (χ1) is 9.33. The first kappa shape index (κ1) is 13.8. The van der Waals surface area contributed by atoms with Crippen LogP contribution in [0, 0.1) is 0 Å². The number of unbranched alkanes of at least 4 members (excludes halogenated alkanes) is 1. The Bertz CT molecular complexity index is 467. The summed E-state index contributed by atoms with van der Waals surface area (Å²) in [4.78, 5) is 6.40. The van der Waals surface area contributed by atoms with Crippen LogP contribution in [-0.4, -0.2) is 39.8 Å². The number of hydrogen-bond donors (Lipinski definition) is 1. The number of rotatable bonds is 8. The smallest absolute Gasteiger partial charge is 0.293 e. The van der Waals surface area contributed by atoms with Gasteiger partial charge in [-0.15, -0.1) is 0 Å². The Labute approximate surface area is 112 Å². The highest BCUT2D eigenvalue weighted by molar-refractivity contribution is 5.42. The van der Waals surface area contributed by atoms with Gasteiger partial charge in [0, 0.05) is 6.54 Å². The van der Waals surface area contributed by atoms with Crippen LogP contribution in [0.1, 0.15) is 25.6 Å². The second kappa shape index (κ2) is 7.06. The summed E-state index contributed by atoms with van der Waals surface area (Å²) in [6.45, 7) is 4.38. The van der Waals surface area contributed by atoms with E-state index in [1.807, 2.05) is 0 Å². The van der Waals surface area contributed by atoms with Crippen LogP contribution in [0.25, 0.3) is 11.7 Å². The molecule has 0 atom stereocenters. The monoisotopic (exact) mass is 265 g/mol. The van der Waals surface area contributed by atoms with E-state index in [0.717, 1.165) is 19.4 Å². The van der Waals surface area contributed by atoms with E-state index in [1.165, 1.54) is 0 Å². The van der Waals surface area contributed by atoms with Gasteiger partial charge in [0.25, 0.3) is 5.89 Å². The maximum atomic E-state index is 9.05. The molecule has 104 valence electrons. The van der Waals surface area contributed by atoms with Gasteiger partial charge >= 0.3 is 0 Å². The summed E-state index contributed by atoms with van der Waals surface area (Å²) < 4.78 is 10.3. The maximum absolute atomic E-state index is 9.05. The molecule has 0 spiro atoms. The van der Waals surface area contributed by atoms with Crippen LogP contribution < -0.4 is 0 Å². The lowest BCUT2D eigenvalue weighted by Crippen LogP contribution is -2.28. The van der Waals surface area contributed by atoms with Gasteiger partial charge in [-0.2, -0.15) is 4.98 Å². The molecule has 0 unspecified atom stereocenters. The molecule has 6 heteroatoms. The third kappa shape index (κ3) is 3.90. The van der Waals surface area contributed by atoms with Gasteiger partial charge in [0.05, 0.1) is 19.4 Å². The number of aliphatic hydroxyl groups is 1. The summed E-state index contributed by atoms with van der Waals surface area (Å²) in [5, 5.41) is 13.0. The van der Waals surface area contributed by atoms with Crippen LogP contribution in [-0.2, 0) is 6.54 Å². The first-order valence-electron chi connectivity index (χ1n) is 6.53. The van der Waals surface area contributed by atoms with Crippen LogP contribution >= 0.6 is 0 Å². The van der Waals surface area contributed by atoms with Gasteiger partial charge < -0.3 is 14.0 Å². The predicted molar refractivity (Wildman–Crippen MR) is 69.3 cm³/mol. The van der Waals surface area contributed by atoms with Gasteiger partial charge in [-0.3, -0.25) is 4.90 Å². The molecule has 0 saturated carbocycles. The fraction of sp³-hybridized carbons (Fsp3) is 0.538. The minimum atomic E-state index is 0.132. The second-order valence-electron chi connectivity index (χ2n) is 4.35. The van der Waals surface area contributed by atoms with Gasteiger partial charge in [-0.05, 0) is 25.1 Å². The molecule has 0 aliphatic carbocycles. The Morgan fingerprint density at radius 1 is 1.37 bits per heavy atom. The van der Waals surface area contributed by atoms with E-state index in [1.54, 1.807) is 18.4 Å². The Morgan fingerprint density at radius 3 is 2.95 bits per heavy atom. The summed E-state index contributed by atoms with van der Waals surface area (Å²) in [7, 11) is 0. The van der Waals surface area contributed by atoms with Crippen molar-refractivity contribution in [3.63, 3.8) is 0 Å². The molecule has 0 bridgehead atoms. The zero-order chi connectivity index (χ0) is 13.5. The molecule has 0 aliphatic heterocycles. The standard InChI is InChI=1S/C13H19N3O3/c1-2-3-6-16(7-8-17)10-12-14-13(19-15-12)11-5-4-9-18-11/h4-5,9,17H,2-3,6-8,10H2,1H3. The molecule has 0 aliphatic rings. The molecule has 2 aromatic rings. The lowest BCUT2D eigenvalue weighted by atomic mass is 10.3. The molecule has 2 heterocycles. The minimum absolute atomic E-state index is 0.132. The number of nitrogens with zero attached hydrogens (tertiary/aromatic N) is 3. The molecule has 0 aromatic carbocycles. The summed E-state index contributed by atoms with van der Waals surface area (Å²) in [5.74, 6) is 1.57. The Kier molecular flexibility index (Phi) is 5.11. The van der Waals surface area contributed by atoms with Gasteiger partial charge in [-0.25, -0.2) is 0 Å². The molecule has 0 fully saturated rings. The van der Waals surface area contributed by atoms with Crippen molar-refractivity contribution >= 4 is 0 Å². The average Bonchev–Trinajstić information content (AvgIpc) is 3.06. The third-order valence-electron chi connectivity index (χ3n) is 2.81. The molecule has 6 nitrogen and oxygen atoms in total. The Morgan fingerprint density at radius 2 is 2.26 bits per heavy atom. The van der Waals surface area contributed by atoms with Crippen LogP contribution in [0.15, 0.2) is 27.3 Å². The lowest BCUT2D eigenvalue weighted by Gasteiger charge is -2.18. The molecular weight excluding hydrogens is 246 g/mol. The number of aliphatic hydroxyl groups excluding tert-OH is 1.